The highest BCUT2D eigenvalue weighted by atomic mass is 31.2. The Kier molecular flexibility index (Phi) is 12.3. The van der Waals surface area contributed by atoms with Gasteiger partial charge in [0.2, 0.25) is 11.9 Å². The molecule has 0 aliphatic carbocycles. The zero-order valence-corrected chi connectivity index (χ0v) is 28.3. The van der Waals surface area contributed by atoms with Crippen LogP contribution in [0.25, 0.3) is 11.2 Å². The van der Waals surface area contributed by atoms with E-state index in [1.807, 2.05) is 0 Å². The van der Waals surface area contributed by atoms with Crippen molar-refractivity contribution < 1.29 is 41.9 Å². The topological polar surface area (TPSA) is 210 Å². The lowest BCUT2D eigenvalue weighted by molar-refractivity contribution is -0.130. The van der Waals surface area contributed by atoms with Crippen molar-refractivity contribution in [3.63, 3.8) is 0 Å². The number of amides is 1. The van der Waals surface area contributed by atoms with Crippen molar-refractivity contribution >= 4 is 38.2 Å². The maximum Gasteiger partial charge on any atom is 0.361 e. The number of rotatable bonds is 16. The number of nitrogens with zero attached hydrogens (tertiary/aromatic N) is 4. The molecule has 2 aromatic rings. The van der Waals surface area contributed by atoms with Crippen molar-refractivity contribution in [2.24, 2.45) is 0 Å². The smallest absolute Gasteiger partial charge is 0.361 e. The molecule has 0 aromatic carbocycles. The van der Waals surface area contributed by atoms with Crippen molar-refractivity contribution in [3.05, 3.63) is 16.7 Å². The number of nitrogens with one attached hydrogen (secondary N) is 1. The van der Waals surface area contributed by atoms with Crippen LogP contribution in [0.5, 0.6) is 0 Å². The predicted octanol–water partition coefficient (Wildman–Crippen LogP) is 3.27. The molecule has 0 bridgehead atoms. The number of carbonyl (C=O) groups excluding carboxylic acids is 1. The van der Waals surface area contributed by atoms with Gasteiger partial charge in [-0.1, -0.05) is 0 Å². The number of nitrogen functional groups attached to an aromatic ring is 1. The fourth-order valence-corrected chi connectivity index (χ4v) is 8.58. The first-order valence-corrected chi connectivity index (χ1v) is 18.0. The van der Waals surface area contributed by atoms with E-state index in [1.165, 1.54) is 11.2 Å². The Hall–Kier alpha value is -2.16. The number of aliphatic hydroxyl groups is 1. The molecular weight excluding hydrogens is 618 g/mol. The Bertz CT molecular complexity index is 1400. The zero-order valence-electron chi connectivity index (χ0n) is 26.5. The standard InChI is InChI=1S/C26H46N6O10P2/c1-15(2)39-43(36,40-16(3)4)10-9-21(33)31-11-19(32-14-28-23-24(32)29-26(27)30-25(23)35)20(12-31)38-13-22(34)44(37,41-17(5)6)42-18(7)8/h14-20,22,34H,9-13H2,1-8H3,(H3,27,29,30,35)/t19-,20+,22?/m1/s1. The summed E-state index contributed by atoms with van der Waals surface area (Å²) in [5.74, 6) is -2.08. The van der Waals surface area contributed by atoms with Crippen molar-refractivity contribution in [3.8, 4) is 0 Å². The molecule has 1 unspecified atom stereocenters. The second kappa shape index (κ2) is 15.0. The van der Waals surface area contributed by atoms with Crippen LogP contribution in [-0.4, -0.2) is 97.7 Å². The summed E-state index contributed by atoms with van der Waals surface area (Å²) in [5, 5.41) is 10.9. The van der Waals surface area contributed by atoms with Crippen LogP contribution in [0.3, 0.4) is 0 Å². The number of imidazole rings is 1. The van der Waals surface area contributed by atoms with Gasteiger partial charge in [-0.25, -0.2) is 4.98 Å². The SMILES string of the molecule is CC(C)OP(=O)(CCC(=O)N1C[C@H](OCC(O)P(=O)(OC(C)C)OC(C)C)[C@H](n2cnc3c(=O)[nH]c(N)nc32)C1)OC(C)C. The lowest BCUT2D eigenvalue weighted by atomic mass is 10.2. The summed E-state index contributed by atoms with van der Waals surface area (Å²) < 4.78 is 56.6. The first kappa shape index (κ1) is 36.3. The maximum absolute atomic E-state index is 13.4. The highest BCUT2D eigenvalue weighted by molar-refractivity contribution is 7.54. The van der Waals surface area contributed by atoms with Gasteiger partial charge >= 0.3 is 15.2 Å². The predicted molar refractivity (Wildman–Crippen MR) is 164 cm³/mol. The number of likely N-dealkylation sites (tertiary alicyclic amines) is 1. The number of hydrogen-bond acceptors (Lipinski definition) is 13. The molecule has 2 aromatic heterocycles. The molecule has 3 rings (SSSR count). The normalized spacial score (nSPS) is 18.9. The summed E-state index contributed by atoms with van der Waals surface area (Å²) in [6.45, 7) is 13.3. The Balaban J connectivity index is 1.87. The second-order valence-corrected chi connectivity index (χ2v) is 15.9. The van der Waals surface area contributed by atoms with Crippen molar-refractivity contribution in [1.82, 2.24) is 24.4 Å². The van der Waals surface area contributed by atoms with Gasteiger partial charge < -0.3 is 43.1 Å². The number of carbonyl (C=O) groups is 1. The van der Waals surface area contributed by atoms with E-state index in [0.29, 0.717) is 0 Å². The van der Waals surface area contributed by atoms with Gasteiger partial charge in [0.1, 0.15) is 0 Å². The second-order valence-electron chi connectivity index (χ2n) is 11.7. The highest BCUT2D eigenvalue weighted by Crippen LogP contribution is 2.54. The molecule has 4 N–H and O–H groups in total. The third-order valence-electron chi connectivity index (χ3n) is 6.28. The van der Waals surface area contributed by atoms with Gasteiger partial charge in [-0.2, -0.15) is 4.98 Å². The zero-order chi connectivity index (χ0) is 33.0. The Morgan fingerprint density at radius 2 is 1.59 bits per heavy atom. The third-order valence-corrected chi connectivity index (χ3v) is 10.8. The van der Waals surface area contributed by atoms with Crippen LogP contribution in [0, 0.1) is 0 Å². The van der Waals surface area contributed by atoms with E-state index in [9.17, 15) is 23.8 Å². The number of H-pyrrole nitrogens is 1. The minimum atomic E-state index is -4.00. The summed E-state index contributed by atoms with van der Waals surface area (Å²) in [5.41, 5.74) is 5.48. The van der Waals surface area contributed by atoms with Crippen LogP contribution in [0.4, 0.5) is 5.95 Å². The average Bonchev–Trinajstić information content (AvgIpc) is 3.48. The van der Waals surface area contributed by atoms with E-state index < -0.39 is 57.6 Å². The molecule has 1 aliphatic heterocycles. The van der Waals surface area contributed by atoms with E-state index in [2.05, 4.69) is 15.0 Å². The average molecular weight is 665 g/mol. The molecule has 44 heavy (non-hydrogen) atoms. The Labute approximate surface area is 257 Å². The molecular formula is C26H46N6O10P2. The Morgan fingerprint density at radius 1 is 1.02 bits per heavy atom. The third kappa shape index (κ3) is 9.43. The molecule has 18 heteroatoms. The number of ether oxygens (including phenoxy) is 1. The van der Waals surface area contributed by atoms with Crippen molar-refractivity contribution in [1.29, 1.82) is 0 Å². The molecule has 0 saturated carbocycles. The van der Waals surface area contributed by atoms with Gasteiger partial charge in [-0.05, 0) is 55.4 Å². The van der Waals surface area contributed by atoms with Gasteiger partial charge in [0.25, 0.3) is 5.56 Å². The number of aromatic amines is 1. The summed E-state index contributed by atoms with van der Waals surface area (Å²) >= 11 is 0. The summed E-state index contributed by atoms with van der Waals surface area (Å²) in [7, 11) is -7.57. The molecule has 0 spiro atoms. The van der Waals surface area contributed by atoms with E-state index in [4.69, 9.17) is 28.6 Å². The number of aliphatic hydroxyl groups excluding tert-OH is 1. The number of nitrogens with two attached hydrogens (primary N) is 1. The summed E-state index contributed by atoms with van der Waals surface area (Å²) in [4.78, 5) is 38.2. The fourth-order valence-electron chi connectivity index (χ4n) is 4.79. The van der Waals surface area contributed by atoms with Crippen LogP contribution >= 0.6 is 15.2 Å². The number of anilines is 1. The number of aromatic nitrogens is 4. The van der Waals surface area contributed by atoms with Gasteiger partial charge in [-0.3, -0.25) is 23.7 Å². The minimum Gasteiger partial charge on any atom is -0.378 e. The monoisotopic (exact) mass is 664 g/mol. The molecule has 16 nitrogen and oxygen atoms in total. The van der Waals surface area contributed by atoms with E-state index in [-0.39, 0.29) is 60.9 Å². The maximum atomic E-state index is 13.4. The van der Waals surface area contributed by atoms with E-state index >= 15 is 0 Å². The van der Waals surface area contributed by atoms with Gasteiger partial charge in [0.15, 0.2) is 17.0 Å². The lowest BCUT2D eigenvalue weighted by Crippen LogP contribution is -2.32. The van der Waals surface area contributed by atoms with Gasteiger partial charge in [-0.15, -0.1) is 0 Å². The van der Waals surface area contributed by atoms with Gasteiger partial charge in [0.05, 0.1) is 55.7 Å². The number of hydrogen-bond donors (Lipinski definition) is 3. The van der Waals surface area contributed by atoms with Crippen molar-refractivity contribution in [2.45, 2.75) is 104 Å². The molecule has 3 heterocycles. The highest BCUT2D eigenvalue weighted by Gasteiger charge is 2.42. The molecule has 0 radical (unpaired) electrons. The first-order valence-electron chi connectivity index (χ1n) is 14.6. The lowest BCUT2D eigenvalue weighted by Gasteiger charge is -2.28. The molecule has 1 aliphatic rings. The van der Waals surface area contributed by atoms with Crippen LogP contribution in [0.2, 0.25) is 0 Å². The molecule has 1 fully saturated rings. The van der Waals surface area contributed by atoms with E-state index in [1.54, 1.807) is 60.0 Å². The van der Waals surface area contributed by atoms with Crippen LogP contribution in [-0.2, 0) is 36.8 Å². The van der Waals surface area contributed by atoms with Crippen LogP contribution < -0.4 is 11.3 Å². The first-order chi connectivity index (χ1) is 20.4. The Morgan fingerprint density at radius 3 is 2.14 bits per heavy atom. The summed E-state index contributed by atoms with van der Waals surface area (Å²) in [6.07, 6.45) is -1.37. The molecule has 1 saturated heterocycles. The molecule has 1 amide bonds. The molecule has 3 atom stereocenters. The van der Waals surface area contributed by atoms with E-state index in [0.717, 1.165) is 0 Å². The van der Waals surface area contributed by atoms with Gasteiger partial charge in [0, 0.05) is 19.5 Å². The quantitative estimate of drug-likeness (QED) is 0.220. The summed E-state index contributed by atoms with van der Waals surface area (Å²) in [6, 6.07) is -0.632. The fraction of sp³-hybridized carbons (Fsp3) is 0.769. The number of fused-ring (bicyclic) bond motifs is 1. The minimum absolute atomic E-state index is 0.0422. The van der Waals surface area contributed by atoms with Crippen LogP contribution in [0.15, 0.2) is 11.1 Å². The van der Waals surface area contributed by atoms with Crippen molar-refractivity contribution in [2.75, 3.05) is 31.6 Å². The molecule has 250 valence electrons. The van der Waals surface area contributed by atoms with Crippen LogP contribution in [0.1, 0.15) is 67.9 Å². The largest absolute Gasteiger partial charge is 0.378 e.